The highest BCUT2D eigenvalue weighted by atomic mass is 13.9. The molecule has 0 spiro atoms. The van der Waals surface area contributed by atoms with Gasteiger partial charge in [0.05, 0.1) is 0 Å². The molecule has 3 aromatic carbocycles. The van der Waals surface area contributed by atoms with E-state index in [4.69, 9.17) is 0 Å². The first-order valence-electron chi connectivity index (χ1n) is 10.4. The van der Waals surface area contributed by atoms with Gasteiger partial charge in [0.25, 0.3) is 0 Å². The van der Waals surface area contributed by atoms with Crippen molar-refractivity contribution < 1.29 is 0 Å². The Morgan fingerprint density at radius 2 is 0.889 bits per heavy atom. The topological polar surface area (TPSA) is 0 Å². The Morgan fingerprint density at radius 3 is 1.22 bits per heavy atom. The summed E-state index contributed by atoms with van der Waals surface area (Å²) in [5, 5.41) is 0. The minimum Gasteiger partial charge on any atom is -0.0846 e. The Morgan fingerprint density at radius 1 is 0.556 bits per heavy atom. The molecule has 0 bridgehead atoms. The Balaban J connectivity index is 1.58. The first kappa shape index (κ1) is 19.7. The fourth-order valence-electron chi connectivity index (χ4n) is 3.62. The van der Waals surface area contributed by atoms with Crippen LogP contribution in [0.2, 0.25) is 12.1 Å². The summed E-state index contributed by atoms with van der Waals surface area (Å²) in [4.78, 5) is 0. The third kappa shape index (κ3) is 6.24. The summed E-state index contributed by atoms with van der Waals surface area (Å²) in [6.07, 6.45) is 1.21. The zero-order valence-corrected chi connectivity index (χ0v) is 17.0. The van der Waals surface area contributed by atoms with E-state index in [-0.39, 0.29) is 0 Å². The van der Waals surface area contributed by atoms with Gasteiger partial charge in [0.2, 0.25) is 0 Å². The molecule has 0 atom stereocenters. The van der Waals surface area contributed by atoms with Gasteiger partial charge in [-0.25, -0.2) is 0 Å². The highest BCUT2D eigenvalue weighted by molar-refractivity contribution is 6.69. The van der Waals surface area contributed by atoms with Crippen molar-refractivity contribution >= 4 is 61.9 Å². The van der Waals surface area contributed by atoms with Crippen LogP contribution in [0.25, 0.3) is 0 Å². The lowest BCUT2D eigenvalue weighted by atomic mass is 9.58. The van der Waals surface area contributed by atoms with Crippen LogP contribution in [0.1, 0.15) is 20.8 Å². The van der Waals surface area contributed by atoms with Gasteiger partial charge in [-0.05, 0) is 0 Å². The Kier molecular flexibility index (Phi) is 7.10. The molecule has 4 heteroatoms. The maximum atomic E-state index is 2.28. The predicted molar refractivity (Wildman–Crippen MR) is 131 cm³/mol. The molecule has 0 nitrogen and oxygen atoms in total. The molecule has 132 valence electrons. The summed E-state index contributed by atoms with van der Waals surface area (Å²) >= 11 is 0. The minimum absolute atomic E-state index is 0.714. The van der Waals surface area contributed by atoms with E-state index < -0.39 is 0 Å². The Hall–Kier alpha value is -2.08. The van der Waals surface area contributed by atoms with E-state index in [0.717, 1.165) is 21.8 Å². The molecule has 0 fully saturated rings. The van der Waals surface area contributed by atoms with Crippen molar-refractivity contribution in [3.63, 3.8) is 0 Å². The lowest BCUT2D eigenvalue weighted by molar-refractivity contribution is 1.07. The van der Waals surface area contributed by atoms with E-state index in [1.54, 1.807) is 0 Å². The average Bonchev–Trinajstić information content (AvgIpc) is 2.66. The van der Waals surface area contributed by atoms with Gasteiger partial charge in [0, 0.05) is 0 Å². The maximum absolute atomic E-state index is 2.28. The zero-order chi connectivity index (χ0) is 19.1. The molecule has 3 rings (SSSR count). The zero-order valence-electron chi connectivity index (χ0n) is 17.0. The summed E-state index contributed by atoms with van der Waals surface area (Å²) < 4.78 is 0. The van der Waals surface area contributed by atoms with Crippen LogP contribution in [0.15, 0.2) is 72.8 Å². The molecule has 27 heavy (non-hydrogen) atoms. The van der Waals surface area contributed by atoms with Crippen molar-refractivity contribution in [3.8, 4) is 0 Å². The molecule has 0 unspecified atom stereocenters. The first-order valence-corrected chi connectivity index (χ1v) is 10.4. The molecule has 0 aliphatic rings. The number of rotatable bonds is 8. The van der Waals surface area contributed by atoms with Crippen molar-refractivity contribution in [1.29, 1.82) is 0 Å². The Labute approximate surface area is 167 Å². The van der Waals surface area contributed by atoms with Crippen LogP contribution in [0, 0.1) is 0 Å². The third-order valence-corrected chi connectivity index (χ3v) is 5.07. The SMILES string of the molecule is CCBc1ccc(Bc2ccc(Bc3ccc(BC(C)C)cc3)cc2)cc1. The summed E-state index contributed by atoms with van der Waals surface area (Å²) in [5.74, 6) is 0.714. The molecule has 3 aromatic rings. The lowest BCUT2D eigenvalue weighted by Crippen LogP contribution is -2.32. The summed E-state index contributed by atoms with van der Waals surface area (Å²) in [6.45, 7) is 6.78. The van der Waals surface area contributed by atoms with E-state index >= 15 is 0 Å². The standard InChI is InChI=1S/C23H28B4/c1-4-24-18-5-7-20(8-6-18)26-22-13-15-23(16-14-22)27-21-11-9-19(10-12-21)25-17(2)3/h5-17,24-27H,4H2,1-3H3. The predicted octanol–water partition coefficient (Wildman–Crippen LogP) is -0.149. The van der Waals surface area contributed by atoms with Gasteiger partial charge in [0.1, 0.15) is 0 Å². The van der Waals surface area contributed by atoms with Crippen molar-refractivity contribution in [2.24, 2.45) is 0 Å². The van der Waals surface area contributed by atoms with Gasteiger partial charge in [-0.15, -0.1) is 0 Å². The normalized spacial score (nSPS) is 10.5. The highest BCUT2D eigenvalue weighted by Gasteiger charge is 2.04. The first-order chi connectivity index (χ1) is 13.1. The molecule has 0 aliphatic carbocycles. The maximum Gasteiger partial charge on any atom is 0.192 e. The van der Waals surface area contributed by atoms with Crippen LogP contribution < -0.4 is 32.8 Å². The van der Waals surface area contributed by atoms with Crippen LogP contribution in [0.3, 0.4) is 0 Å². The fraction of sp³-hybridized carbons (Fsp3) is 0.217. The molecule has 0 saturated carbocycles. The van der Waals surface area contributed by atoms with Gasteiger partial charge in [-0.2, -0.15) is 0 Å². The van der Waals surface area contributed by atoms with Crippen molar-refractivity contribution in [1.82, 2.24) is 0 Å². The fourth-order valence-corrected chi connectivity index (χ4v) is 3.62. The van der Waals surface area contributed by atoms with Gasteiger partial charge >= 0.3 is 0 Å². The van der Waals surface area contributed by atoms with Crippen molar-refractivity contribution in [2.45, 2.75) is 32.9 Å². The van der Waals surface area contributed by atoms with E-state index in [2.05, 4.69) is 93.6 Å². The average molecular weight is 348 g/mol. The molecule has 0 aromatic heterocycles. The van der Waals surface area contributed by atoms with Crippen LogP contribution in [-0.4, -0.2) is 29.1 Å². The largest absolute Gasteiger partial charge is 0.192 e. The molecule has 0 amide bonds. The van der Waals surface area contributed by atoms with Crippen LogP contribution in [0.4, 0.5) is 0 Å². The van der Waals surface area contributed by atoms with E-state index in [1.165, 1.54) is 46.4 Å². The Bertz CT molecular complexity index is 822. The molecule has 0 heterocycles. The number of hydrogen-bond acceptors (Lipinski definition) is 0. The van der Waals surface area contributed by atoms with E-state index in [9.17, 15) is 0 Å². The number of benzene rings is 3. The highest BCUT2D eigenvalue weighted by Crippen LogP contribution is 1.96. The second kappa shape index (κ2) is 9.74. The molecule has 0 saturated heterocycles. The lowest BCUT2D eigenvalue weighted by Gasteiger charge is -2.06. The van der Waals surface area contributed by atoms with Gasteiger partial charge in [-0.1, -0.05) is 138 Å². The summed E-state index contributed by atoms with van der Waals surface area (Å²) in [6, 6.07) is 27.3. The van der Waals surface area contributed by atoms with Gasteiger partial charge < -0.3 is 0 Å². The molecule has 0 N–H and O–H groups in total. The van der Waals surface area contributed by atoms with Crippen molar-refractivity contribution in [3.05, 3.63) is 72.8 Å². The second-order valence-corrected chi connectivity index (χ2v) is 8.15. The van der Waals surface area contributed by atoms with Gasteiger partial charge in [0.15, 0.2) is 29.1 Å². The van der Waals surface area contributed by atoms with E-state index in [1.807, 2.05) is 0 Å². The van der Waals surface area contributed by atoms with E-state index in [0.29, 0.717) is 5.82 Å². The monoisotopic (exact) mass is 348 g/mol. The minimum atomic E-state index is 0.714. The van der Waals surface area contributed by atoms with Crippen LogP contribution in [-0.2, 0) is 0 Å². The number of hydrogen-bond donors (Lipinski definition) is 0. The summed E-state index contributed by atoms with van der Waals surface area (Å²) in [7, 11) is 4.35. The molecular formula is C23H28B4. The van der Waals surface area contributed by atoms with Gasteiger partial charge in [-0.3, -0.25) is 0 Å². The molecule has 0 radical (unpaired) electrons. The third-order valence-electron chi connectivity index (χ3n) is 5.07. The smallest absolute Gasteiger partial charge is 0.0846 e. The molecule has 0 aliphatic heterocycles. The van der Waals surface area contributed by atoms with Crippen LogP contribution in [0.5, 0.6) is 0 Å². The second-order valence-electron chi connectivity index (χ2n) is 8.15. The van der Waals surface area contributed by atoms with Crippen molar-refractivity contribution in [2.75, 3.05) is 0 Å². The molecular weight excluding hydrogens is 320 g/mol. The summed E-state index contributed by atoms with van der Waals surface area (Å²) in [5.41, 5.74) is 8.43. The van der Waals surface area contributed by atoms with Crippen LogP contribution >= 0.6 is 0 Å². The quantitative estimate of drug-likeness (QED) is 0.497.